The van der Waals surface area contributed by atoms with E-state index in [-0.39, 0.29) is 0 Å². The van der Waals surface area contributed by atoms with Crippen LogP contribution in [0.1, 0.15) is 29.7 Å². The zero-order valence-electron chi connectivity index (χ0n) is 25.8. The third-order valence-electron chi connectivity index (χ3n) is 7.83. The minimum absolute atomic E-state index is 0.581. The van der Waals surface area contributed by atoms with Crippen LogP contribution in [0.5, 0.6) is 11.5 Å². The van der Waals surface area contributed by atoms with Gasteiger partial charge in [0.05, 0.1) is 11.2 Å². The van der Waals surface area contributed by atoms with Crippen LogP contribution in [0.3, 0.4) is 0 Å². The largest absolute Gasteiger partial charge is 0.490 e. The Labute approximate surface area is 272 Å². The van der Waals surface area contributed by atoms with Crippen LogP contribution in [0.15, 0.2) is 78.9 Å². The van der Waals surface area contributed by atoms with Crippen molar-refractivity contribution in [1.82, 2.24) is 9.88 Å². The maximum Gasteiger partial charge on any atom is 0.490 e. The predicted octanol–water partition coefficient (Wildman–Crippen LogP) is 7.63. The smallest absolute Gasteiger partial charge is 0.475 e. The van der Waals surface area contributed by atoms with Crippen molar-refractivity contribution in [3.8, 4) is 11.5 Å². The Morgan fingerprint density at radius 3 is 1.90 bits per heavy atom. The van der Waals surface area contributed by atoms with E-state index in [1.54, 1.807) is 0 Å². The number of anilines is 1. The number of carboxylic acid groups (broad SMARTS) is 2. The topological polar surface area (TPSA) is 103 Å². The van der Waals surface area contributed by atoms with Gasteiger partial charge in [-0.15, -0.1) is 0 Å². The van der Waals surface area contributed by atoms with E-state index in [4.69, 9.17) is 29.5 Å². The molecule has 0 atom stereocenters. The number of hydrogen-bond donors (Lipinski definition) is 2. The molecule has 0 bridgehead atoms. The molecular formula is C34H33F6N3O5. The first-order chi connectivity index (χ1) is 22.6. The molecule has 14 heteroatoms. The van der Waals surface area contributed by atoms with Crippen molar-refractivity contribution in [1.29, 1.82) is 0 Å². The summed E-state index contributed by atoms with van der Waals surface area (Å²) in [6.07, 6.45) is -6.68. The van der Waals surface area contributed by atoms with Gasteiger partial charge in [0.15, 0.2) is 0 Å². The third-order valence-corrected chi connectivity index (χ3v) is 7.83. The van der Waals surface area contributed by atoms with Gasteiger partial charge in [-0.3, -0.25) is 9.88 Å². The number of alkyl halides is 6. The highest BCUT2D eigenvalue weighted by Gasteiger charge is 2.39. The average Bonchev–Trinajstić information content (AvgIpc) is 3.49. The van der Waals surface area contributed by atoms with E-state index in [0.29, 0.717) is 6.04 Å². The molecule has 0 saturated carbocycles. The number of benzene rings is 3. The minimum atomic E-state index is -5.08. The molecule has 1 aromatic heterocycles. The quantitative estimate of drug-likeness (QED) is 0.208. The summed E-state index contributed by atoms with van der Waals surface area (Å²) < 4.78 is 69.6. The summed E-state index contributed by atoms with van der Waals surface area (Å²) in [7, 11) is 0. The average molecular weight is 678 g/mol. The normalized spacial score (nSPS) is 15.1. The van der Waals surface area contributed by atoms with Crippen molar-refractivity contribution >= 4 is 28.5 Å². The van der Waals surface area contributed by atoms with Gasteiger partial charge in [0, 0.05) is 43.3 Å². The van der Waals surface area contributed by atoms with Crippen molar-refractivity contribution in [2.45, 2.75) is 51.1 Å². The molecule has 2 aliphatic rings. The van der Waals surface area contributed by atoms with E-state index in [1.165, 1.54) is 40.7 Å². The Hall–Kier alpha value is -4.85. The molecule has 3 aromatic carbocycles. The fraction of sp³-hybridized carbons (Fsp3) is 0.324. The maximum absolute atomic E-state index is 10.6. The minimum Gasteiger partial charge on any atom is -0.475 e. The number of fused-ring (bicyclic) bond motifs is 3. The van der Waals surface area contributed by atoms with Gasteiger partial charge >= 0.3 is 24.3 Å². The van der Waals surface area contributed by atoms with Crippen LogP contribution in [-0.4, -0.2) is 70.1 Å². The number of piperidine rings is 1. The van der Waals surface area contributed by atoms with Gasteiger partial charge in [-0.25, -0.2) is 9.59 Å². The lowest BCUT2D eigenvalue weighted by atomic mass is 10.0. The highest BCUT2D eigenvalue weighted by molar-refractivity contribution is 5.96. The summed E-state index contributed by atoms with van der Waals surface area (Å²) in [5, 5.41) is 15.5. The first-order valence-corrected chi connectivity index (χ1v) is 14.9. The fourth-order valence-electron chi connectivity index (χ4n) is 5.64. The Kier molecular flexibility index (Phi) is 11.5. The standard InChI is InChI=1S/C30H31N3O.2C2HF3O2/c1-22-27-16-19-33(24-14-17-32(18-15-24)21-23-8-4-2-5-9-23)30(27)28-20-26(12-13-29(28)31-22)34-25-10-6-3-7-11-25;2*3-2(4,5)1(6)7/h2-13,20,24H,14-19,21H2,1H3;2*(H,6,7). The summed E-state index contributed by atoms with van der Waals surface area (Å²) in [5.41, 5.74) is 6.44. The summed E-state index contributed by atoms with van der Waals surface area (Å²) >= 11 is 0. The molecule has 1 saturated heterocycles. The molecule has 0 unspecified atom stereocenters. The monoisotopic (exact) mass is 677 g/mol. The lowest BCUT2D eigenvalue weighted by Crippen LogP contribution is -2.44. The molecule has 1 fully saturated rings. The zero-order chi connectivity index (χ0) is 35.1. The summed E-state index contributed by atoms with van der Waals surface area (Å²) in [5.74, 6) is -3.78. The molecule has 8 nitrogen and oxygen atoms in total. The van der Waals surface area contributed by atoms with Crippen molar-refractivity contribution in [2.75, 3.05) is 24.5 Å². The van der Waals surface area contributed by atoms with Crippen LogP contribution in [0.2, 0.25) is 0 Å². The molecule has 256 valence electrons. The van der Waals surface area contributed by atoms with Gasteiger partial charge in [0.2, 0.25) is 0 Å². The molecule has 0 radical (unpaired) electrons. The van der Waals surface area contributed by atoms with Crippen LogP contribution >= 0.6 is 0 Å². The lowest BCUT2D eigenvalue weighted by molar-refractivity contribution is -0.193. The van der Waals surface area contributed by atoms with E-state index in [9.17, 15) is 26.3 Å². The molecule has 0 amide bonds. The number of ether oxygens (including phenoxy) is 1. The number of carbonyl (C=O) groups is 2. The van der Waals surface area contributed by atoms with E-state index < -0.39 is 24.3 Å². The first kappa shape index (κ1) is 36.0. The van der Waals surface area contributed by atoms with Gasteiger partial charge in [-0.2, -0.15) is 26.3 Å². The van der Waals surface area contributed by atoms with Crippen LogP contribution in [0.4, 0.5) is 32.0 Å². The van der Waals surface area contributed by atoms with E-state index in [1.807, 2.05) is 36.4 Å². The first-order valence-electron chi connectivity index (χ1n) is 14.9. The van der Waals surface area contributed by atoms with Crippen molar-refractivity contribution < 1.29 is 50.9 Å². The summed E-state index contributed by atoms with van der Waals surface area (Å²) in [6.45, 7) is 6.60. The van der Waals surface area contributed by atoms with E-state index in [0.717, 1.165) is 49.6 Å². The van der Waals surface area contributed by atoms with Crippen molar-refractivity contribution in [3.05, 3.63) is 95.7 Å². The number of aromatic nitrogens is 1. The number of para-hydroxylation sites is 1. The number of aryl methyl sites for hydroxylation is 1. The second kappa shape index (κ2) is 15.4. The second-order valence-electron chi connectivity index (χ2n) is 11.2. The van der Waals surface area contributed by atoms with Gasteiger partial charge in [-0.05, 0) is 67.6 Å². The van der Waals surface area contributed by atoms with E-state index in [2.05, 4.69) is 59.2 Å². The van der Waals surface area contributed by atoms with E-state index >= 15 is 0 Å². The molecule has 0 aliphatic carbocycles. The molecule has 3 heterocycles. The molecular weight excluding hydrogens is 644 g/mol. The predicted molar refractivity (Wildman–Crippen MR) is 166 cm³/mol. The number of hydrogen-bond acceptors (Lipinski definition) is 6. The number of halogens is 6. The Morgan fingerprint density at radius 1 is 0.812 bits per heavy atom. The number of carboxylic acids is 2. The Morgan fingerprint density at radius 2 is 1.35 bits per heavy atom. The van der Waals surface area contributed by atoms with Crippen LogP contribution in [0, 0.1) is 6.92 Å². The second-order valence-corrected chi connectivity index (χ2v) is 11.2. The maximum atomic E-state index is 10.6. The number of aliphatic carboxylic acids is 2. The zero-order valence-corrected chi connectivity index (χ0v) is 25.8. The molecule has 2 N–H and O–H groups in total. The third kappa shape index (κ3) is 9.59. The number of rotatable bonds is 5. The SMILES string of the molecule is Cc1nc2ccc(Oc3ccccc3)cc2c2c1CCN2C1CCN(Cc2ccccc2)CC1.O=C(O)C(F)(F)F.O=C(O)C(F)(F)F. The summed E-state index contributed by atoms with van der Waals surface area (Å²) in [6, 6.07) is 27.8. The van der Waals surface area contributed by atoms with Crippen LogP contribution in [0.25, 0.3) is 10.9 Å². The van der Waals surface area contributed by atoms with Gasteiger partial charge in [0.1, 0.15) is 11.5 Å². The number of likely N-dealkylation sites (tertiary alicyclic amines) is 1. The van der Waals surface area contributed by atoms with Crippen LogP contribution < -0.4 is 9.64 Å². The fourth-order valence-corrected chi connectivity index (χ4v) is 5.64. The molecule has 0 spiro atoms. The van der Waals surface area contributed by atoms with Gasteiger partial charge in [-0.1, -0.05) is 48.5 Å². The molecule has 48 heavy (non-hydrogen) atoms. The lowest BCUT2D eigenvalue weighted by Gasteiger charge is -2.38. The molecule has 4 aromatic rings. The van der Waals surface area contributed by atoms with Gasteiger partial charge < -0.3 is 19.8 Å². The molecule has 2 aliphatic heterocycles. The summed E-state index contributed by atoms with van der Waals surface area (Å²) in [4.78, 5) is 28.0. The molecule has 6 rings (SSSR count). The van der Waals surface area contributed by atoms with Gasteiger partial charge in [0.25, 0.3) is 0 Å². The van der Waals surface area contributed by atoms with Crippen molar-refractivity contribution in [2.24, 2.45) is 0 Å². The highest BCUT2D eigenvalue weighted by atomic mass is 19.4. The highest BCUT2D eigenvalue weighted by Crippen LogP contribution is 2.41. The Bertz CT molecular complexity index is 1670. The van der Waals surface area contributed by atoms with Crippen LogP contribution in [-0.2, 0) is 22.6 Å². The number of nitrogens with zero attached hydrogens (tertiary/aromatic N) is 3. The number of pyridine rings is 1. The van der Waals surface area contributed by atoms with Crippen molar-refractivity contribution in [3.63, 3.8) is 0 Å². The Balaban J connectivity index is 0.000000314.